The van der Waals surface area contributed by atoms with E-state index in [4.69, 9.17) is 5.26 Å². The summed E-state index contributed by atoms with van der Waals surface area (Å²) in [6, 6.07) is 4.99. The van der Waals surface area contributed by atoms with Gasteiger partial charge >= 0.3 is 5.97 Å². The molecule has 1 aromatic rings. The summed E-state index contributed by atoms with van der Waals surface area (Å²) in [7, 11) is 1.25. The molecule has 0 aliphatic heterocycles. The SMILES string of the molecule is CCc1c(C#N)ccc(C=O)c1C(=O)OC. The van der Waals surface area contributed by atoms with E-state index in [1.165, 1.54) is 19.2 Å². The predicted octanol–water partition coefficient (Wildman–Crippen LogP) is 1.72. The van der Waals surface area contributed by atoms with Gasteiger partial charge in [-0.3, -0.25) is 4.79 Å². The molecular formula is C12H11NO3. The number of ether oxygens (including phenoxy) is 1. The van der Waals surface area contributed by atoms with Crippen molar-refractivity contribution < 1.29 is 14.3 Å². The quantitative estimate of drug-likeness (QED) is 0.571. The summed E-state index contributed by atoms with van der Waals surface area (Å²) in [5, 5.41) is 8.90. The lowest BCUT2D eigenvalue weighted by molar-refractivity contribution is 0.0597. The number of carbonyl (C=O) groups is 2. The lowest BCUT2D eigenvalue weighted by atomic mass is 9.95. The van der Waals surface area contributed by atoms with Crippen molar-refractivity contribution in [2.75, 3.05) is 7.11 Å². The number of aldehydes is 1. The summed E-state index contributed by atoms with van der Waals surface area (Å²) in [5.74, 6) is -0.587. The van der Waals surface area contributed by atoms with Gasteiger partial charge in [-0.05, 0) is 24.1 Å². The van der Waals surface area contributed by atoms with Crippen LogP contribution < -0.4 is 0 Å². The van der Waals surface area contributed by atoms with Crippen LogP contribution in [0.4, 0.5) is 0 Å². The molecule has 0 atom stereocenters. The molecule has 0 N–H and O–H groups in total. The van der Waals surface area contributed by atoms with Crippen molar-refractivity contribution in [2.24, 2.45) is 0 Å². The summed E-state index contributed by atoms with van der Waals surface area (Å²) >= 11 is 0. The van der Waals surface area contributed by atoms with Crippen molar-refractivity contribution in [1.82, 2.24) is 0 Å². The maximum atomic E-state index is 11.6. The van der Waals surface area contributed by atoms with Crippen LogP contribution in [0.3, 0.4) is 0 Å². The summed E-state index contributed by atoms with van der Waals surface area (Å²) < 4.78 is 4.61. The minimum atomic E-state index is -0.587. The van der Waals surface area contributed by atoms with Gasteiger partial charge in [0.05, 0.1) is 24.3 Å². The Hall–Kier alpha value is -2.15. The van der Waals surface area contributed by atoms with E-state index in [0.717, 1.165) is 0 Å². The maximum Gasteiger partial charge on any atom is 0.338 e. The second kappa shape index (κ2) is 5.08. The summed E-state index contributed by atoms with van der Waals surface area (Å²) in [4.78, 5) is 22.4. The van der Waals surface area contributed by atoms with Gasteiger partial charge in [0, 0.05) is 5.56 Å². The minimum absolute atomic E-state index is 0.194. The van der Waals surface area contributed by atoms with Crippen molar-refractivity contribution >= 4 is 12.3 Å². The van der Waals surface area contributed by atoms with E-state index in [0.29, 0.717) is 23.8 Å². The van der Waals surface area contributed by atoms with Crippen LogP contribution in [-0.2, 0) is 11.2 Å². The van der Waals surface area contributed by atoms with Gasteiger partial charge in [-0.15, -0.1) is 0 Å². The molecule has 4 heteroatoms. The topological polar surface area (TPSA) is 67.2 Å². The normalized spacial score (nSPS) is 9.31. The number of nitriles is 1. The summed E-state index contributed by atoms with van der Waals surface area (Å²) in [5.41, 5.74) is 1.40. The third-order valence-electron chi connectivity index (χ3n) is 2.34. The van der Waals surface area contributed by atoms with E-state index in [1.54, 1.807) is 0 Å². The molecule has 0 fully saturated rings. The molecule has 0 saturated carbocycles. The molecule has 0 bridgehead atoms. The first-order valence-corrected chi connectivity index (χ1v) is 4.79. The van der Waals surface area contributed by atoms with Crippen molar-refractivity contribution in [3.63, 3.8) is 0 Å². The molecule has 0 radical (unpaired) electrons. The number of benzene rings is 1. The Morgan fingerprint density at radius 1 is 1.56 bits per heavy atom. The van der Waals surface area contributed by atoms with Gasteiger partial charge in [0.25, 0.3) is 0 Å². The molecule has 4 nitrogen and oxygen atoms in total. The van der Waals surface area contributed by atoms with Crippen molar-refractivity contribution in [3.8, 4) is 6.07 Å². The van der Waals surface area contributed by atoms with E-state index < -0.39 is 5.97 Å². The lowest BCUT2D eigenvalue weighted by Gasteiger charge is -2.09. The molecule has 0 aromatic heterocycles. The molecular weight excluding hydrogens is 206 g/mol. The van der Waals surface area contributed by atoms with Crippen LogP contribution in [0.15, 0.2) is 12.1 Å². The minimum Gasteiger partial charge on any atom is -0.465 e. The highest BCUT2D eigenvalue weighted by Crippen LogP contribution is 2.19. The van der Waals surface area contributed by atoms with E-state index in [1.807, 2.05) is 13.0 Å². The molecule has 82 valence electrons. The second-order valence-corrected chi connectivity index (χ2v) is 3.13. The highest BCUT2D eigenvalue weighted by atomic mass is 16.5. The van der Waals surface area contributed by atoms with Gasteiger partial charge in [-0.1, -0.05) is 6.92 Å². The Morgan fingerprint density at radius 2 is 2.25 bits per heavy atom. The fraction of sp³-hybridized carbons (Fsp3) is 0.250. The highest BCUT2D eigenvalue weighted by molar-refractivity contribution is 6.00. The average molecular weight is 217 g/mol. The number of rotatable bonds is 3. The van der Waals surface area contributed by atoms with Gasteiger partial charge < -0.3 is 4.74 Å². The number of hydrogen-bond acceptors (Lipinski definition) is 4. The van der Waals surface area contributed by atoms with E-state index >= 15 is 0 Å². The molecule has 0 spiro atoms. The molecule has 0 heterocycles. The average Bonchev–Trinajstić information content (AvgIpc) is 2.35. The monoisotopic (exact) mass is 217 g/mol. The first-order valence-electron chi connectivity index (χ1n) is 4.79. The van der Waals surface area contributed by atoms with Gasteiger partial charge in [-0.25, -0.2) is 4.79 Å². The standard InChI is InChI=1S/C12H11NO3/c1-3-10-8(6-13)4-5-9(7-14)11(10)12(15)16-2/h4-5,7H,3H2,1-2H3. The largest absolute Gasteiger partial charge is 0.465 e. The van der Waals surface area contributed by atoms with Gasteiger partial charge in [0.15, 0.2) is 6.29 Å². The van der Waals surface area contributed by atoms with Crippen LogP contribution in [0, 0.1) is 11.3 Å². The van der Waals surface area contributed by atoms with Gasteiger partial charge in [0.1, 0.15) is 0 Å². The van der Waals surface area contributed by atoms with Crippen LogP contribution >= 0.6 is 0 Å². The number of hydrogen-bond donors (Lipinski definition) is 0. The Balaban J connectivity index is 3.56. The zero-order chi connectivity index (χ0) is 12.1. The molecule has 0 aliphatic rings. The molecule has 1 aromatic carbocycles. The molecule has 16 heavy (non-hydrogen) atoms. The van der Waals surface area contributed by atoms with E-state index in [-0.39, 0.29) is 11.1 Å². The van der Waals surface area contributed by atoms with Crippen LogP contribution in [0.25, 0.3) is 0 Å². The number of nitrogens with zero attached hydrogens (tertiary/aromatic N) is 1. The van der Waals surface area contributed by atoms with Crippen molar-refractivity contribution in [1.29, 1.82) is 5.26 Å². The zero-order valence-electron chi connectivity index (χ0n) is 9.11. The smallest absolute Gasteiger partial charge is 0.338 e. The summed E-state index contributed by atoms with van der Waals surface area (Å²) in [6.45, 7) is 1.82. The van der Waals surface area contributed by atoms with Crippen LogP contribution in [0.2, 0.25) is 0 Å². The molecule has 0 aliphatic carbocycles. The highest BCUT2D eigenvalue weighted by Gasteiger charge is 2.18. The van der Waals surface area contributed by atoms with Crippen LogP contribution in [0.5, 0.6) is 0 Å². The Bertz CT molecular complexity index is 472. The van der Waals surface area contributed by atoms with E-state index in [9.17, 15) is 9.59 Å². The fourth-order valence-corrected chi connectivity index (χ4v) is 1.58. The summed E-state index contributed by atoms with van der Waals surface area (Å²) in [6.07, 6.45) is 1.08. The second-order valence-electron chi connectivity index (χ2n) is 3.13. The Morgan fingerprint density at radius 3 is 2.69 bits per heavy atom. The van der Waals surface area contributed by atoms with E-state index in [2.05, 4.69) is 4.74 Å². The van der Waals surface area contributed by atoms with Crippen LogP contribution in [0.1, 0.15) is 38.8 Å². The first-order chi connectivity index (χ1) is 7.69. The maximum absolute atomic E-state index is 11.6. The van der Waals surface area contributed by atoms with Gasteiger partial charge in [0.2, 0.25) is 0 Å². The third-order valence-corrected chi connectivity index (χ3v) is 2.34. The fourth-order valence-electron chi connectivity index (χ4n) is 1.58. The van der Waals surface area contributed by atoms with Crippen molar-refractivity contribution in [3.05, 3.63) is 34.4 Å². The predicted molar refractivity (Wildman–Crippen MR) is 57.3 cm³/mol. The zero-order valence-corrected chi connectivity index (χ0v) is 9.11. The lowest BCUT2D eigenvalue weighted by Crippen LogP contribution is -2.10. The van der Waals surface area contributed by atoms with Gasteiger partial charge in [-0.2, -0.15) is 5.26 Å². The molecule has 0 saturated heterocycles. The number of esters is 1. The van der Waals surface area contributed by atoms with Crippen molar-refractivity contribution in [2.45, 2.75) is 13.3 Å². The first kappa shape index (κ1) is 11.9. The Labute approximate surface area is 93.5 Å². The third kappa shape index (κ3) is 1.94. The van der Waals surface area contributed by atoms with Crippen LogP contribution in [-0.4, -0.2) is 19.4 Å². The Kier molecular flexibility index (Phi) is 3.78. The molecule has 0 amide bonds. The number of carbonyl (C=O) groups excluding carboxylic acids is 2. The number of methoxy groups -OCH3 is 1. The molecule has 0 unspecified atom stereocenters. The molecule has 1 rings (SSSR count).